The zero-order chi connectivity index (χ0) is 37.1. The lowest BCUT2D eigenvalue weighted by molar-refractivity contribution is -0.192. The third kappa shape index (κ3) is 6.98. The number of halogens is 1. The number of carboxylic acids is 1. The number of aliphatic hydroxyl groups excluding tert-OH is 1. The molecule has 10 atom stereocenters. The van der Waals surface area contributed by atoms with Crippen LogP contribution in [0, 0.1) is 57.2 Å². The summed E-state index contributed by atoms with van der Waals surface area (Å²) in [4.78, 5) is 38.3. The number of ether oxygens (including phenoxy) is 1. The fraction of sp³-hybridized carbons (Fsp3) is 0.744. The molecule has 1 aromatic rings. The smallest absolute Gasteiger partial charge is 0.306 e. The van der Waals surface area contributed by atoms with Gasteiger partial charge < -0.3 is 20.3 Å². The van der Waals surface area contributed by atoms with Crippen molar-refractivity contribution in [3.63, 3.8) is 0 Å². The second kappa shape index (κ2) is 14.2. The molecule has 0 spiro atoms. The highest BCUT2D eigenvalue weighted by Crippen LogP contribution is 2.72. The van der Waals surface area contributed by atoms with E-state index in [0.717, 1.165) is 62.5 Å². The minimum Gasteiger partial charge on any atom is -0.481 e. The van der Waals surface area contributed by atoms with Gasteiger partial charge in [-0.15, -0.1) is 0 Å². The molecular formula is C43H62ClNO6. The largest absolute Gasteiger partial charge is 0.481 e. The van der Waals surface area contributed by atoms with E-state index in [2.05, 4.69) is 39.9 Å². The van der Waals surface area contributed by atoms with Crippen LogP contribution in [0.25, 0.3) is 0 Å². The molecule has 7 nitrogen and oxygen atoms in total. The van der Waals surface area contributed by atoms with Gasteiger partial charge in [-0.1, -0.05) is 77.8 Å². The van der Waals surface area contributed by atoms with Crippen molar-refractivity contribution in [2.75, 3.05) is 6.54 Å². The number of allylic oxidation sites excluding steroid dienone is 1. The fourth-order valence-corrected chi connectivity index (χ4v) is 12.9. The average molecular weight is 724 g/mol. The Balaban J connectivity index is 1.19. The molecule has 3 N–H and O–H groups in total. The van der Waals surface area contributed by atoms with Crippen molar-refractivity contribution in [3.8, 4) is 0 Å². The molecule has 8 heteroatoms. The average Bonchev–Trinajstić information content (AvgIpc) is 3.36. The summed E-state index contributed by atoms with van der Waals surface area (Å²) in [6.07, 6.45) is 7.88. The minimum absolute atomic E-state index is 0.0591. The van der Waals surface area contributed by atoms with Crippen LogP contribution in [0.15, 0.2) is 35.4 Å². The molecule has 5 aliphatic carbocycles. The zero-order valence-corrected chi connectivity index (χ0v) is 32.8. The minimum atomic E-state index is -0.895. The Morgan fingerprint density at radius 1 is 0.980 bits per heavy atom. The topological polar surface area (TPSA) is 113 Å². The molecule has 0 saturated heterocycles. The lowest BCUT2D eigenvalue weighted by Crippen LogP contribution is -2.61. The highest BCUT2D eigenvalue weighted by Gasteiger charge is 2.65. The summed E-state index contributed by atoms with van der Waals surface area (Å²) in [6, 6.07) is 7.79. The summed E-state index contributed by atoms with van der Waals surface area (Å²) in [7, 11) is 0. The Bertz CT molecular complexity index is 1530. The van der Waals surface area contributed by atoms with Crippen LogP contribution < -0.4 is 5.32 Å². The van der Waals surface area contributed by atoms with Gasteiger partial charge in [0.05, 0.1) is 18.9 Å². The molecular weight excluding hydrogens is 662 g/mol. The van der Waals surface area contributed by atoms with Crippen molar-refractivity contribution < 1.29 is 29.3 Å². The van der Waals surface area contributed by atoms with E-state index >= 15 is 0 Å². The second-order valence-electron chi connectivity index (χ2n) is 18.9. The molecule has 0 aromatic heterocycles. The van der Waals surface area contributed by atoms with Gasteiger partial charge in [0, 0.05) is 29.9 Å². The van der Waals surface area contributed by atoms with Gasteiger partial charge in [-0.05, 0) is 126 Å². The van der Waals surface area contributed by atoms with Crippen molar-refractivity contribution in [1.82, 2.24) is 5.32 Å². The molecule has 5 aliphatic rings. The van der Waals surface area contributed by atoms with Crippen LogP contribution in [-0.2, 0) is 25.7 Å². The fourth-order valence-electron chi connectivity index (χ4n) is 12.8. The predicted molar refractivity (Wildman–Crippen MR) is 200 cm³/mol. The zero-order valence-electron chi connectivity index (χ0n) is 32.0. The van der Waals surface area contributed by atoms with Crippen molar-refractivity contribution >= 4 is 29.3 Å². The molecule has 6 rings (SSSR count). The third-order valence-corrected chi connectivity index (χ3v) is 15.2. The highest BCUT2D eigenvalue weighted by molar-refractivity contribution is 6.30. The van der Waals surface area contributed by atoms with Gasteiger partial charge in [-0.3, -0.25) is 14.4 Å². The molecule has 10 unspecified atom stereocenters. The second-order valence-corrected chi connectivity index (χ2v) is 19.3. The first-order valence-corrected chi connectivity index (χ1v) is 20.1. The monoisotopic (exact) mass is 723 g/mol. The summed E-state index contributed by atoms with van der Waals surface area (Å²) in [5.41, 5.74) is 2.58. The normalized spacial score (nSPS) is 36.9. The number of Topliss-reactive ketones (excluding diaryl/α,β-unsaturated/α-hetero) is 1. The van der Waals surface area contributed by atoms with Crippen molar-refractivity contribution in [3.05, 3.63) is 46.0 Å². The van der Waals surface area contributed by atoms with Crippen LogP contribution in [0.4, 0.5) is 0 Å². The van der Waals surface area contributed by atoms with E-state index in [1.54, 1.807) is 0 Å². The van der Waals surface area contributed by atoms with Crippen LogP contribution >= 0.6 is 11.6 Å². The Hall–Kier alpha value is -2.22. The number of carboxylic acid groups (broad SMARTS) is 1. The van der Waals surface area contributed by atoms with Gasteiger partial charge in [-0.2, -0.15) is 0 Å². The van der Waals surface area contributed by atoms with Gasteiger partial charge in [-0.25, -0.2) is 0 Å². The van der Waals surface area contributed by atoms with E-state index < -0.39 is 22.9 Å². The summed E-state index contributed by atoms with van der Waals surface area (Å²) >= 11 is 6.09. The standard InChI is InChI=1S/C43H62ClNO6/c1-25(2)38-32(46)20-43(35(47)24-45-23-27-8-10-28(44)11-9-27)19-15-31-29(39(38)43)12-13-34-41(6)18-16-33(26(3)30(41)14-17-42(31,34)7)51-37(50)22-40(4,5)21-36(48)49/h8-11,25-26,29-31,33-35,45,47H,12-24H2,1-7H3,(H,48,49). The summed E-state index contributed by atoms with van der Waals surface area (Å²) in [5, 5.41) is 25.5. The molecule has 0 heterocycles. The van der Waals surface area contributed by atoms with Crippen molar-refractivity contribution in [2.24, 2.45) is 57.2 Å². The number of carbonyl (C=O) groups is 3. The van der Waals surface area contributed by atoms with Gasteiger partial charge in [0.1, 0.15) is 6.10 Å². The Labute approximate surface area is 310 Å². The van der Waals surface area contributed by atoms with Crippen LogP contribution in [0.1, 0.15) is 125 Å². The number of fused-ring (bicyclic) bond motifs is 7. The number of nitrogens with one attached hydrogen (secondary N) is 1. The molecule has 282 valence electrons. The first kappa shape index (κ1) is 38.5. The van der Waals surface area contributed by atoms with E-state index in [4.69, 9.17) is 16.3 Å². The SMILES string of the molecule is CC(C)C1=C2C3CCC4C(C)(CCC5C(C)C(OC(=O)CC(C)(C)CC(=O)O)CCC54C)C3CCC2(C(O)CNCc2ccc(Cl)cc2)CC1=O. The van der Waals surface area contributed by atoms with E-state index in [1.165, 1.54) is 5.57 Å². The highest BCUT2D eigenvalue weighted by atomic mass is 35.5. The molecule has 4 saturated carbocycles. The Morgan fingerprint density at radius 2 is 1.63 bits per heavy atom. The quantitative estimate of drug-likeness (QED) is 0.196. The Morgan fingerprint density at radius 3 is 2.29 bits per heavy atom. The van der Waals surface area contributed by atoms with Crippen LogP contribution in [-0.4, -0.2) is 46.7 Å². The number of hydrogen-bond donors (Lipinski definition) is 3. The van der Waals surface area contributed by atoms with Gasteiger partial charge in [0.2, 0.25) is 0 Å². The molecule has 51 heavy (non-hydrogen) atoms. The number of rotatable bonds is 11. The van der Waals surface area contributed by atoms with Gasteiger partial charge >= 0.3 is 11.9 Å². The van der Waals surface area contributed by atoms with Crippen LogP contribution in [0.5, 0.6) is 0 Å². The number of ketones is 1. The number of hydrogen-bond acceptors (Lipinski definition) is 6. The maximum atomic E-state index is 13.9. The first-order chi connectivity index (χ1) is 23.9. The molecule has 0 amide bonds. The summed E-state index contributed by atoms with van der Waals surface area (Å²) in [5.74, 6) is 1.26. The molecule has 0 aliphatic heterocycles. The predicted octanol–water partition coefficient (Wildman–Crippen LogP) is 8.79. The van der Waals surface area contributed by atoms with E-state index in [0.29, 0.717) is 48.2 Å². The number of esters is 1. The lowest BCUT2D eigenvalue weighted by Gasteiger charge is -2.67. The van der Waals surface area contributed by atoms with Crippen molar-refractivity contribution in [2.45, 2.75) is 138 Å². The first-order valence-electron chi connectivity index (χ1n) is 19.7. The van der Waals surface area contributed by atoms with Crippen LogP contribution in [0.2, 0.25) is 5.02 Å². The maximum absolute atomic E-state index is 13.9. The Kier molecular flexibility index (Phi) is 10.7. The number of carbonyl (C=O) groups excluding carboxylic acids is 2. The van der Waals surface area contributed by atoms with E-state index in [-0.39, 0.29) is 53.4 Å². The molecule has 0 bridgehead atoms. The van der Waals surface area contributed by atoms with E-state index in [9.17, 15) is 24.6 Å². The van der Waals surface area contributed by atoms with Gasteiger partial charge in [0.15, 0.2) is 5.78 Å². The lowest BCUT2D eigenvalue weighted by atomic mass is 9.38. The van der Waals surface area contributed by atoms with Crippen LogP contribution in [0.3, 0.4) is 0 Å². The number of aliphatic hydroxyl groups is 1. The maximum Gasteiger partial charge on any atom is 0.306 e. The number of aliphatic carboxylic acids is 1. The summed E-state index contributed by atoms with van der Waals surface area (Å²) in [6.45, 7) is 16.4. The van der Waals surface area contributed by atoms with Gasteiger partial charge in [0.25, 0.3) is 0 Å². The van der Waals surface area contributed by atoms with Crippen molar-refractivity contribution in [1.29, 1.82) is 0 Å². The molecule has 4 fully saturated rings. The number of benzene rings is 1. The summed E-state index contributed by atoms with van der Waals surface area (Å²) < 4.78 is 6.14. The molecule has 0 radical (unpaired) electrons. The van der Waals surface area contributed by atoms with E-state index in [1.807, 2.05) is 38.1 Å². The third-order valence-electron chi connectivity index (χ3n) is 14.9. The molecule has 1 aromatic carbocycles.